The smallest absolute Gasteiger partial charge is 0.251 e. The molecule has 0 saturated heterocycles. The van der Waals surface area contributed by atoms with Crippen molar-refractivity contribution in [2.75, 3.05) is 13.2 Å². The first-order valence-electron chi connectivity index (χ1n) is 10.7. The molecular formula is C25H37N3O2. The quantitative estimate of drug-likeness (QED) is 0.382. The fourth-order valence-electron chi connectivity index (χ4n) is 3.47. The van der Waals surface area contributed by atoms with E-state index in [0.29, 0.717) is 18.7 Å². The van der Waals surface area contributed by atoms with E-state index in [1.54, 1.807) is 0 Å². The van der Waals surface area contributed by atoms with Crippen LogP contribution >= 0.6 is 0 Å². The molecule has 2 rings (SSSR count). The summed E-state index contributed by atoms with van der Waals surface area (Å²) in [5.41, 5.74) is 12.0. The van der Waals surface area contributed by atoms with Crippen LogP contribution < -0.4 is 11.1 Å². The number of hydrogen-bond donors (Lipinski definition) is 3. The second kappa shape index (κ2) is 9.98. The predicted molar refractivity (Wildman–Crippen MR) is 126 cm³/mol. The molecule has 1 heterocycles. The molecule has 0 bridgehead atoms. The average molecular weight is 412 g/mol. The number of carbonyl (C=O) groups is 1. The monoisotopic (exact) mass is 411 g/mol. The molecule has 4 N–H and O–H groups in total. The number of carbonyl (C=O) groups excluding carboxylic acids is 1. The van der Waals surface area contributed by atoms with Gasteiger partial charge in [0.2, 0.25) is 0 Å². The molecule has 5 nitrogen and oxygen atoms in total. The van der Waals surface area contributed by atoms with Crippen molar-refractivity contribution in [2.24, 2.45) is 11.1 Å². The standard InChI is InChI=1S/C25H37N3O2/c1-8-20(21(26)15-25(5,6)7)17(4)23-14-19-13-18(9-10-22(19)28-23)24(29)27-11-12-30-16(2)3/h9-10,13-14,16,28H,4,8,11-12,15,26H2,1-3,5-7H3,(H,27,29)/b21-20-. The normalized spacial score (nSPS) is 12.9. The first-order valence-corrected chi connectivity index (χ1v) is 10.7. The summed E-state index contributed by atoms with van der Waals surface area (Å²) in [7, 11) is 0. The van der Waals surface area contributed by atoms with Crippen molar-refractivity contribution in [3.63, 3.8) is 0 Å². The molecule has 0 aliphatic heterocycles. The zero-order valence-electron chi connectivity index (χ0n) is 19.3. The van der Waals surface area contributed by atoms with Gasteiger partial charge in [-0.2, -0.15) is 0 Å². The third-order valence-electron chi connectivity index (χ3n) is 4.87. The van der Waals surface area contributed by atoms with Crippen molar-refractivity contribution in [1.82, 2.24) is 10.3 Å². The van der Waals surface area contributed by atoms with E-state index in [1.807, 2.05) is 38.1 Å². The molecule has 0 saturated carbocycles. The van der Waals surface area contributed by atoms with Crippen molar-refractivity contribution in [3.8, 4) is 0 Å². The molecule has 1 amide bonds. The van der Waals surface area contributed by atoms with Crippen LogP contribution in [0.1, 0.15) is 70.4 Å². The highest BCUT2D eigenvalue weighted by Gasteiger charge is 2.17. The Bertz CT molecular complexity index is 930. The third kappa shape index (κ3) is 6.49. The van der Waals surface area contributed by atoms with Gasteiger partial charge in [-0.1, -0.05) is 34.3 Å². The largest absolute Gasteiger partial charge is 0.402 e. The van der Waals surface area contributed by atoms with Crippen LogP contribution in [0.15, 0.2) is 42.1 Å². The summed E-state index contributed by atoms with van der Waals surface area (Å²) in [5, 5.41) is 3.87. The number of aromatic amines is 1. The number of allylic oxidation sites excluding steroid dienone is 3. The molecule has 0 spiro atoms. The van der Waals surface area contributed by atoms with E-state index in [-0.39, 0.29) is 17.4 Å². The van der Waals surface area contributed by atoms with E-state index in [4.69, 9.17) is 10.5 Å². The lowest BCUT2D eigenvalue weighted by atomic mass is 9.87. The summed E-state index contributed by atoms with van der Waals surface area (Å²) in [6.45, 7) is 17.9. The fourth-order valence-corrected chi connectivity index (χ4v) is 3.47. The maximum atomic E-state index is 12.4. The number of fused-ring (bicyclic) bond motifs is 1. The first kappa shape index (κ1) is 23.7. The Labute approximate surface area is 180 Å². The predicted octanol–water partition coefficient (Wildman–Crippen LogP) is 5.39. The van der Waals surface area contributed by atoms with Crippen LogP contribution in [-0.4, -0.2) is 30.1 Å². The van der Waals surface area contributed by atoms with Crippen LogP contribution in [0.5, 0.6) is 0 Å². The van der Waals surface area contributed by atoms with Crippen molar-refractivity contribution in [3.05, 3.63) is 53.4 Å². The van der Waals surface area contributed by atoms with Crippen LogP contribution in [0.3, 0.4) is 0 Å². The Kier molecular flexibility index (Phi) is 7.90. The highest BCUT2D eigenvalue weighted by atomic mass is 16.5. The number of nitrogens with one attached hydrogen (secondary N) is 2. The summed E-state index contributed by atoms with van der Waals surface area (Å²) in [6, 6.07) is 7.69. The molecular weight excluding hydrogens is 374 g/mol. The van der Waals surface area contributed by atoms with Gasteiger partial charge < -0.3 is 20.8 Å². The number of rotatable bonds is 9. The van der Waals surface area contributed by atoms with Crippen LogP contribution in [0.4, 0.5) is 0 Å². The molecule has 0 radical (unpaired) electrons. The number of aromatic nitrogens is 1. The number of ether oxygens (including phenoxy) is 1. The zero-order chi connectivity index (χ0) is 22.5. The second-order valence-electron chi connectivity index (χ2n) is 9.23. The van der Waals surface area contributed by atoms with Crippen molar-refractivity contribution < 1.29 is 9.53 Å². The van der Waals surface area contributed by atoms with Crippen LogP contribution in [0, 0.1) is 5.41 Å². The Morgan fingerprint density at radius 2 is 1.97 bits per heavy atom. The number of benzene rings is 1. The van der Waals surface area contributed by atoms with Gasteiger partial charge in [-0.25, -0.2) is 0 Å². The number of amides is 1. The minimum Gasteiger partial charge on any atom is -0.402 e. The molecule has 2 aromatic rings. The lowest BCUT2D eigenvalue weighted by Gasteiger charge is -2.21. The van der Waals surface area contributed by atoms with Gasteiger partial charge in [-0.15, -0.1) is 0 Å². The lowest BCUT2D eigenvalue weighted by Crippen LogP contribution is -2.28. The van der Waals surface area contributed by atoms with E-state index >= 15 is 0 Å². The fraction of sp³-hybridized carbons (Fsp3) is 0.480. The summed E-state index contributed by atoms with van der Waals surface area (Å²) in [4.78, 5) is 15.8. The minimum absolute atomic E-state index is 0.102. The van der Waals surface area contributed by atoms with Gasteiger partial charge in [-0.05, 0) is 67.5 Å². The number of hydrogen-bond acceptors (Lipinski definition) is 3. The maximum absolute atomic E-state index is 12.4. The van der Waals surface area contributed by atoms with Gasteiger partial charge >= 0.3 is 0 Å². The number of H-pyrrole nitrogens is 1. The van der Waals surface area contributed by atoms with Crippen molar-refractivity contribution in [2.45, 2.75) is 60.5 Å². The molecule has 30 heavy (non-hydrogen) atoms. The topological polar surface area (TPSA) is 80.1 Å². The van der Waals surface area contributed by atoms with E-state index in [0.717, 1.165) is 46.3 Å². The highest BCUT2D eigenvalue weighted by Crippen LogP contribution is 2.31. The second-order valence-corrected chi connectivity index (χ2v) is 9.23. The van der Waals surface area contributed by atoms with Crippen molar-refractivity contribution in [1.29, 1.82) is 0 Å². The van der Waals surface area contributed by atoms with E-state index in [9.17, 15) is 4.79 Å². The van der Waals surface area contributed by atoms with Gasteiger partial charge in [0.25, 0.3) is 5.91 Å². The Morgan fingerprint density at radius 3 is 2.57 bits per heavy atom. The highest BCUT2D eigenvalue weighted by molar-refractivity contribution is 5.99. The molecule has 0 aliphatic rings. The molecule has 0 fully saturated rings. The molecule has 164 valence electrons. The minimum atomic E-state index is -0.102. The Hall–Kier alpha value is -2.53. The summed E-state index contributed by atoms with van der Waals surface area (Å²) in [5.74, 6) is -0.102. The first-order chi connectivity index (χ1) is 14.0. The van der Waals surface area contributed by atoms with Crippen LogP contribution in [0.2, 0.25) is 0 Å². The maximum Gasteiger partial charge on any atom is 0.251 e. The molecule has 1 aromatic carbocycles. The van der Waals surface area contributed by atoms with E-state index in [2.05, 4.69) is 44.6 Å². The molecule has 1 aromatic heterocycles. The van der Waals surface area contributed by atoms with Gasteiger partial charge in [0.1, 0.15) is 0 Å². The van der Waals surface area contributed by atoms with Gasteiger partial charge in [0.05, 0.1) is 12.7 Å². The third-order valence-corrected chi connectivity index (χ3v) is 4.87. The van der Waals surface area contributed by atoms with Gasteiger partial charge in [-0.3, -0.25) is 4.79 Å². The lowest BCUT2D eigenvalue weighted by molar-refractivity contribution is 0.0746. The Morgan fingerprint density at radius 1 is 1.27 bits per heavy atom. The Balaban J connectivity index is 2.19. The van der Waals surface area contributed by atoms with E-state index in [1.165, 1.54) is 0 Å². The average Bonchev–Trinajstić information content (AvgIpc) is 3.07. The molecule has 5 heteroatoms. The van der Waals surface area contributed by atoms with Crippen molar-refractivity contribution >= 4 is 22.4 Å². The molecule has 0 aliphatic carbocycles. The van der Waals surface area contributed by atoms with Crippen LogP contribution in [-0.2, 0) is 4.74 Å². The van der Waals surface area contributed by atoms with E-state index < -0.39 is 0 Å². The summed E-state index contributed by atoms with van der Waals surface area (Å²) >= 11 is 0. The number of nitrogens with two attached hydrogens (primary N) is 1. The van der Waals surface area contributed by atoms with Gasteiger partial charge in [0, 0.05) is 34.4 Å². The SMILES string of the molecule is C=C(/C(CC)=C(\N)CC(C)(C)C)c1cc2cc(C(=O)NCCOC(C)C)ccc2[nH]1. The molecule has 0 atom stereocenters. The zero-order valence-corrected chi connectivity index (χ0v) is 19.3. The van der Waals surface area contributed by atoms with Gasteiger partial charge in [0.15, 0.2) is 0 Å². The molecule has 0 unspecified atom stereocenters. The van der Waals surface area contributed by atoms with Crippen LogP contribution in [0.25, 0.3) is 16.5 Å². The summed E-state index contributed by atoms with van der Waals surface area (Å²) in [6.07, 6.45) is 1.80. The summed E-state index contributed by atoms with van der Waals surface area (Å²) < 4.78 is 5.47.